The van der Waals surface area contributed by atoms with E-state index >= 15 is 0 Å². The van der Waals surface area contributed by atoms with Crippen LogP contribution in [0.1, 0.15) is 44.5 Å². The summed E-state index contributed by atoms with van der Waals surface area (Å²) in [7, 11) is 0. The standard InChI is InChI=1S/C21H25N3O3.ClH/c1-2-3-4-11-26-17-8-7-14-12-16(6-5-15(14)13-17)20-23-21(27-24-20)19-18(25)9-10-22-19;/h5-8,12-13,18-19,22,25H,2-4,9-11H2,1H3;1H/t18-,19-;/m0./s1. The summed E-state index contributed by atoms with van der Waals surface area (Å²) in [6.07, 6.45) is 3.68. The molecule has 2 atom stereocenters. The van der Waals surface area contributed by atoms with Gasteiger partial charge in [-0.1, -0.05) is 43.1 Å². The summed E-state index contributed by atoms with van der Waals surface area (Å²) in [5.41, 5.74) is 0.890. The van der Waals surface area contributed by atoms with Crippen LogP contribution in [0.25, 0.3) is 22.2 Å². The van der Waals surface area contributed by atoms with E-state index in [1.165, 1.54) is 12.8 Å². The third kappa shape index (κ3) is 4.46. The summed E-state index contributed by atoms with van der Waals surface area (Å²) >= 11 is 0. The number of aliphatic hydroxyl groups excluding tert-OH is 1. The van der Waals surface area contributed by atoms with Crippen LogP contribution >= 0.6 is 12.4 Å². The van der Waals surface area contributed by atoms with E-state index in [2.05, 4.69) is 34.5 Å². The van der Waals surface area contributed by atoms with Crippen molar-refractivity contribution >= 4 is 23.2 Å². The molecule has 1 fully saturated rings. The van der Waals surface area contributed by atoms with Crippen molar-refractivity contribution in [3.63, 3.8) is 0 Å². The number of hydrogen-bond acceptors (Lipinski definition) is 6. The van der Waals surface area contributed by atoms with Crippen LogP contribution in [0.2, 0.25) is 0 Å². The smallest absolute Gasteiger partial charge is 0.246 e. The molecule has 3 aromatic rings. The molecule has 1 aliphatic rings. The van der Waals surface area contributed by atoms with Crippen LogP contribution in [0.4, 0.5) is 0 Å². The van der Waals surface area contributed by atoms with Crippen molar-refractivity contribution in [1.82, 2.24) is 15.5 Å². The van der Waals surface area contributed by atoms with Gasteiger partial charge in [-0.2, -0.15) is 4.98 Å². The molecule has 0 bridgehead atoms. The monoisotopic (exact) mass is 403 g/mol. The number of ether oxygens (including phenoxy) is 1. The molecule has 6 nitrogen and oxygen atoms in total. The number of unbranched alkanes of at least 4 members (excludes halogenated alkanes) is 2. The third-order valence-corrected chi connectivity index (χ3v) is 4.98. The number of nitrogens with one attached hydrogen (secondary N) is 1. The highest BCUT2D eigenvalue weighted by atomic mass is 35.5. The fraction of sp³-hybridized carbons (Fsp3) is 0.429. The van der Waals surface area contributed by atoms with Gasteiger partial charge in [-0.3, -0.25) is 0 Å². The van der Waals surface area contributed by atoms with E-state index in [1.807, 2.05) is 24.3 Å². The van der Waals surface area contributed by atoms with Gasteiger partial charge in [0, 0.05) is 5.56 Å². The Bertz CT molecular complexity index is 915. The van der Waals surface area contributed by atoms with Crippen molar-refractivity contribution in [3.8, 4) is 17.1 Å². The summed E-state index contributed by atoms with van der Waals surface area (Å²) < 4.78 is 11.2. The predicted octanol–water partition coefficient (Wildman–Crippen LogP) is 4.28. The summed E-state index contributed by atoms with van der Waals surface area (Å²) in [6, 6.07) is 11.9. The minimum absolute atomic E-state index is 0. The Hall–Kier alpha value is -2.15. The van der Waals surface area contributed by atoms with Crippen LogP contribution in [-0.2, 0) is 0 Å². The van der Waals surface area contributed by atoms with Gasteiger partial charge in [-0.05, 0) is 48.4 Å². The molecule has 2 aromatic carbocycles. The van der Waals surface area contributed by atoms with E-state index < -0.39 is 6.10 Å². The van der Waals surface area contributed by atoms with Crippen molar-refractivity contribution < 1.29 is 14.4 Å². The molecule has 7 heteroatoms. The summed E-state index contributed by atoms with van der Waals surface area (Å²) in [4.78, 5) is 4.47. The number of hydrogen-bond donors (Lipinski definition) is 2. The first-order valence-corrected chi connectivity index (χ1v) is 9.66. The lowest BCUT2D eigenvalue weighted by Gasteiger charge is -2.08. The highest BCUT2D eigenvalue weighted by Crippen LogP contribution is 2.28. The van der Waals surface area contributed by atoms with Gasteiger partial charge < -0.3 is 19.7 Å². The van der Waals surface area contributed by atoms with E-state index in [4.69, 9.17) is 9.26 Å². The highest BCUT2D eigenvalue weighted by molar-refractivity contribution is 5.87. The lowest BCUT2D eigenvalue weighted by Crippen LogP contribution is -2.21. The molecule has 150 valence electrons. The summed E-state index contributed by atoms with van der Waals surface area (Å²) in [5.74, 6) is 1.87. The fourth-order valence-electron chi connectivity index (χ4n) is 3.41. The molecule has 4 rings (SSSR count). The van der Waals surface area contributed by atoms with Crippen LogP contribution in [-0.4, -0.2) is 34.5 Å². The van der Waals surface area contributed by atoms with E-state index in [-0.39, 0.29) is 18.4 Å². The topological polar surface area (TPSA) is 80.4 Å². The van der Waals surface area contributed by atoms with Gasteiger partial charge in [-0.25, -0.2) is 0 Å². The molecule has 0 amide bonds. The number of fused-ring (bicyclic) bond motifs is 1. The van der Waals surface area contributed by atoms with E-state index in [9.17, 15) is 5.11 Å². The summed E-state index contributed by atoms with van der Waals surface area (Å²) in [5, 5.41) is 19.5. The SMILES string of the molecule is CCCCCOc1ccc2cc(-c3noc([C@H]4NCC[C@@H]4O)n3)ccc2c1.Cl. The van der Waals surface area contributed by atoms with Gasteiger partial charge in [-0.15, -0.1) is 12.4 Å². The Morgan fingerprint density at radius 1 is 1.18 bits per heavy atom. The third-order valence-electron chi connectivity index (χ3n) is 4.98. The van der Waals surface area contributed by atoms with Crippen LogP contribution in [0, 0.1) is 0 Å². The van der Waals surface area contributed by atoms with E-state index in [0.29, 0.717) is 18.1 Å². The van der Waals surface area contributed by atoms with Gasteiger partial charge in [0.05, 0.1) is 12.7 Å². The number of halogens is 1. The molecule has 0 aliphatic carbocycles. The molecule has 2 heterocycles. The first kappa shape index (κ1) is 20.6. The zero-order valence-corrected chi connectivity index (χ0v) is 16.7. The fourth-order valence-corrected chi connectivity index (χ4v) is 3.41. The zero-order valence-electron chi connectivity index (χ0n) is 15.9. The molecule has 0 radical (unpaired) electrons. The lowest BCUT2D eigenvalue weighted by molar-refractivity contribution is 0.142. The molecular formula is C21H26ClN3O3. The minimum atomic E-state index is -0.481. The number of nitrogens with zero attached hydrogens (tertiary/aromatic N) is 2. The van der Waals surface area contributed by atoms with Gasteiger partial charge in [0.15, 0.2) is 0 Å². The number of aliphatic hydroxyl groups is 1. The second-order valence-electron chi connectivity index (χ2n) is 7.02. The van der Waals surface area contributed by atoms with Crippen molar-refractivity contribution in [2.75, 3.05) is 13.2 Å². The Morgan fingerprint density at radius 3 is 2.79 bits per heavy atom. The van der Waals surface area contributed by atoms with Gasteiger partial charge in [0.25, 0.3) is 0 Å². The quantitative estimate of drug-likeness (QED) is 0.573. The maximum absolute atomic E-state index is 9.98. The Labute approximate surface area is 170 Å². The molecule has 0 saturated carbocycles. The number of rotatable bonds is 7. The molecular weight excluding hydrogens is 378 g/mol. The Kier molecular flexibility index (Phi) is 6.88. The molecule has 1 aliphatic heterocycles. The first-order valence-electron chi connectivity index (χ1n) is 9.66. The molecule has 28 heavy (non-hydrogen) atoms. The average Bonchev–Trinajstić information content (AvgIpc) is 3.33. The van der Waals surface area contributed by atoms with Crippen LogP contribution in [0.15, 0.2) is 40.9 Å². The normalized spacial score (nSPS) is 18.9. The predicted molar refractivity (Wildman–Crippen MR) is 111 cm³/mol. The maximum Gasteiger partial charge on any atom is 0.246 e. The van der Waals surface area contributed by atoms with E-state index in [1.54, 1.807) is 0 Å². The van der Waals surface area contributed by atoms with Crippen LogP contribution in [0.5, 0.6) is 5.75 Å². The number of aromatic nitrogens is 2. The summed E-state index contributed by atoms with van der Waals surface area (Å²) in [6.45, 7) is 3.69. The zero-order chi connectivity index (χ0) is 18.6. The minimum Gasteiger partial charge on any atom is -0.494 e. The van der Waals surface area contributed by atoms with Crippen molar-refractivity contribution in [2.24, 2.45) is 0 Å². The highest BCUT2D eigenvalue weighted by Gasteiger charge is 2.31. The van der Waals surface area contributed by atoms with Gasteiger partial charge >= 0.3 is 0 Å². The molecule has 1 saturated heterocycles. The Balaban J connectivity index is 0.00000225. The van der Waals surface area contributed by atoms with Gasteiger partial charge in [0.2, 0.25) is 11.7 Å². The van der Waals surface area contributed by atoms with Gasteiger partial charge in [0.1, 0.15) is 11.8 Å². The molecule has 0 unspecified atom stereocenters. The molecule has 2 N–H and O–H groups in total. The molecule has 0 spiro atoms. The largest absolute Gasteiger partial charge is 0.494 e. The van der Waals surface area contributed by atoms with Crippen molar-refractivity contribution in [3.05, 3.63) is 42.3 Å². The van der Waals surface area contributed by atoms with Crippen molar-refractivity contribution in [1.29, 1.82) is 0 Å². The lowest BCUT2D eigenvalue weighted by atomic mass is 10.1. The first-order chi connectivity index (χ1) is 13.2. The van der Waals surface area contributed by atoms with Crippen LogP contribution < -0.4 is 10.1 Å². The van der Waals surface area contributed by atoms with E-state index in [0.717, 1.165) is 41.7 Å². The molecule has 1 aromatic heterocycles. The number of benzene rings is 2. The second-order valence-corrected chi connectivity index (χ2v) is 7.02. The average molecular weight is 404 g/mol. The second kappa shape index (κ2) is 9.37. The van der Waals surface area contributed by atoms with Crippen LogP contribution in [0.3, 0.4) is 0 Å². The van der Waals surface area contributed by atoms with Crippen molar-refractivity contribution in [2.45, 2.75) is 44.8 Å². The maximum atomic E-state index is 9.98. The Morgan fingerprint density at radius 2 is 2.00 bits per heavy atom.